The molecular formula is C17H22Cl2N2O9. The van der Waals surface area contributed by atoms with Crippen molar-refractivity contribution < 1.29 is 34.2 Å². The van der Waals surface area contributed by atoms with Gasteiger partial charge in [0.2, 0.25) is 0 Å². The summed E-state index contributed by atoms with van der Waals surface area (Å²) in [4.78, 5) is 18.3. The molecule has 0 aliphatic heterocycles. The molecule has 168 valence electrons. The SMILES string of the molecule is COc1ccc([N+](=O)[O-])cc1OC.COc1ccccc1OC.ClCCl.O=[N+]([O-])O. The monoisotopic (exact) mass is 468 g/mol. The summed E-state index contributed by atoms with van der Waals surface area (Å²) >= 11 is 9.53. The summed E-state index contributed by atoms with van der Waals surface area (Å²) in [6.45, 7) is 0. The molecule has 2 aromatic carbocycles. The van der Waals surface area contributed by atoms with Crippen LogP contribution in [0.5, 0.6) is 23.0 Å². The number of nitro benzene ring substituents is 1. The molecule has 13 heteroatoms. The number of hydrogen-bond acceptors (Lipinski definition) is 8. The third kappa shape index (κ3) is 13.1. The Hall–Kier alpha value is -3.18. The number of ether oxygens (including phenoxy) is 4. The molecule has 1 N–H and O–H groups in total. The quantitative estimate of drug-likeness (QED) is 0.383. The van der Waals surface area contributed by atoms with Crippen molar-refractivity contribution >= 4 is 28.9 Å². The molecule has 0 aliphatic rings. The van der Waals surface area contributed by atoms with Gasteiger partial charge in [0.25, 0.3) is 10.8 Å². The first-order chi connectivity index (χ1) is 14.2. The number of halogens is 2. The Bertz CT molecular complexity index is 737. The maximum absolute atomic E-state index is 10.4. The van der Waals surface area contributed by atoms with E-state index in [1.165, 1.54) is 32.4 Å². The Balaban J connectivity index is 0. The predicted octanol–water partition coefficient (Wildman–Crippen LogP) is 4.39. The predicted molar refractivity (Wildman–Crippen MR) is 111 cm³/mol. The van der Waals surface area contributed by atoms with Crippen LogP contribution in [-0.2, 0) is 0 Å². The lowest BCUT2D eigenvalue weighted by molar-refractivity contribution is -0.742. The van der Waals surface area contributed by atoms with E-state index in [1.54, 1.807) is 14.2 Å². The van der Waals surface area contributed by atoms with Crippen LogP contribution in [0.3, 0.4) is 0 Å². The summed E-state index contributed by atoms with van der Waals surface area (Å²) in [5, 5.41) is 24.2. The maximum Gasteiger partial charge on any atom is 0.291 e. The number of nitro groups is 1. The number of non-ortho nitro benzene ring substituents is 1. The lowest BCUT2D eigenvalue weighted by Gasteiger charge is -2.05. The second-order valence-electron chi connectivity index (χ2n) is 4.49. The second-order valence-corrected chi connectivity index (χ2v) is 5.30. The zero-order valence-electron chi connectivity index (χ0n) is 16.6. The van der Waals surface area contributed by atoms with Crippen LogP contribution in [-0.4, -0.2) is 49.0 Å². The average Bonchev–Trinajstić information content (AvgIpc) is 2.73. The van der Waals surface area contributed by atoms with Crippen LogP contribution >= 0.6 is 23.2 Å². The maximum atomic E-state index is 10.4. The summed E-state index contributed by atoms with van der Waals surface area (Å²) in [5.41, 5.74) is -0.0161. The molecule has 0 bridgehead atoms. The average molecular weight is 469 g/mol. The molecule has 0 aliphatic carbocycles. The molecule has 0 fully saturated rings. The molecule has 0 saturated carbocycles. The molecular weight excluding hydrogens is 447 g/mol. The number of para-hydroxylation sites is 2. The minimum absolute atomic E-state index is 0.0161. The van der Waals surface area contributed by atoms with Gasteiger partial charge in [0.15, 0.2) is 23.0 Å². The lowest BCUT2D eigenvalue weighted by atomic mass is 10.3. The summed E-state index contributed by atoms with van der Waals surface area (Å²) in [5.74, 6) is 2.37. The summed E-state index contributed by atoms with van der Waals surface area (Å²) in [6, 6.07) is 11.7. The highest BCUT2D eigenvalue weighted by Gasteiger charge is 2.10. The van der Waals surface area contributed by atoms with Gasteiger partial charge in [-0.3, -0.25) is 10.1 Å². The lowest BCUT2D eigenvalue weighted by Crippen LogP contribution is -1.93. The van der Waals surface area contributed by atoms with Crippen LogP contribution in [0, 0.1) is 20.2 Å². The fourth-order valence-electron chi connectivity index (χ4n) is 1.73. The molecule has 11 nitrogen and oxygen atoms in total. The molecule has 2 rings (SSSR count). The van der Waals surface area contributed by atoms with Crippen LogP contribution in [0.25, 0.3) is 0 Å². The van der Waals surface area contributed by atoms with E-state index >= 15 is 0 Å². The van der Waals surface area contributed by atoms with E-state index in [9.17, 15) is 10.1 Å². The van der Waals surface area contributed by atoms with Gasteiger partial charge in [-0.2, -0.15) is 0 Å². The normalized spacial score (nSPS) is 8.47. The number of benzene rings is 2. The van der Waals surface area contributed by atoms with Crippen molar-refractivity contribution in [1.82, 2.24) is 0 Å². The standard InChI is InChI=1S/C8H9NO4.C8H10O2.CH2Cl2.HNO3/c1-12-7-4-3-6(9(10)11)5-8(7)13-2;1-9-7-5-3-4-6-8(7)10-2;2-1-3;2-1(3)4/h3-5H,1-2H3;3-6H,1-2H3;1H2;(H,2,3,4). The van der Waals surface area contributed by atoms with Crippen LogP contribution in [0.2, 0.25) is 0 Å². The van der Waals surface area contributed by atoms with Crippen molar-refractivity contribution in [2.45, 2.75) is 0 Å². The number of nitrogens with zero attached hydrogens (tertiary/aromatic N) is 2. The molecule has 2 aromatic rings. The van der Waals surface area contributed by atoms with Gasteiger partial charge in [0, 0.05) is 6.07 Å². The van der Waals surface area contributed by atoms with Crippen molar-refractivity contribution in [3.05, 3.63) is 62.7 Å². The van der Waals surface area contributed by atoms with E-state index in [1.807, 2.05) is 24.3 Å². The Kier molecular flexibility index (Phi) is 17.3. The van der Waals surface area contributed by atoms with E-state index in [-0.39, 0.29) is 11.0 Å². The van der Waals surface area contributed by atoms with Gasteiger partial charge < -0.3 is 24.2 Å². The molecule has 0 unspecified atom stereocenters. The summed E-state index contributed by atoms with van der Waals surface area (Å²) in [7, 11) is 6.15. The van der Waals surface area contributed by atoms with Crippen LogP contribution in [0.15, 0.2) is 42.5 Å². The first kappa shape index (κ1) is 29.0. The van der Waals surface area contributed by atoms with E-state index in [4.69, 9.17) is 57.5 Å². The van der Waals surface area contributed by atoms with Gasteiger partial charge in [-0.1, -0.05) is 12.1 Å². The highest BCUT2D eigenvalue weighted by molar-refractivity contribution is 6.40. The zero-order chi connectivity index (χ0) is 23.5. The second kappa shape index (κ2) is 17.9. The van der Waals surface area contributed by atoms with E-state index in [0.717, 1.165) is 11.5 Å². The number of methoxy groups -OCH3 is 4. The van der Waals surface area contributed by atoms with Crippen molar-refractivity contribution in [3.63, 3.8) is 0 Å². The van der Waals surface area contributed by atoms with Crippen LogP contribution in [0.1, 0.15) is 0 Å². The minimum atomic E-state index is -1.50. The van der Waals surface area contributed by atoms with Gasteiger partial charge in [0.1, 0.15) is 0 Å². The highest BCUT2D eigenvalue weighted by atomic mass is 35.5. The van der Waals surface area contributed by atoms with Crippen molar-refractivity contribution in [2.24, 2.45) is 0 Å². The summed E-state index contributed by atoms with van der Waals surface area (Å²) < 4.78 is 19.8. The highest BCUT2D eigenvalue weighted by Crippen LogP contribution is 2.30. The van der Waals surface area contributed by atoms with Gasteiger partial charge in [0.05, 0.1) is 44.8 Å². The van der Waals surface area contributed by atoms with Gasteiger partial charge >= 0.3 is 0 Å². The molecule has 0 saturated heterocycles. The van der Waals surface area contributed by atoms with Crippen molar-refractivity contribution in [2.75, 3.05) is 33.8 Å². The molecule has 0 aromatic heterocycles. The number of rotatable bonds is 5. The molecule has 0 amide bonds. The number of hydrogen-bond donors (Lipinski definition) is 1. The third-order valence-corrected chi connectivity index (χ3v) is 2.87. The molecule has 30 heavy (non-hydrogen) atoms. The smallest absolute Gasteiger partial charge is 0.291 e. The van der Waals surface area contributed by atoms with E-state index in [2.05, 4.69) is 0 Å². The minimum Gasteiger partial charge on any atom is -0.493 e. The van der Waals surface area contributed by atoms with Crippen LogP contribution in [0.4, 0.5) is 5.69 Å². The topological polar surface area (TPSA) is 143 Å². The Morgan fingerprint density at radius 3 is 1.43 bits per heavy atom. The fourth-order valence-corrected chi connectivity index (χ4v) is 1.73. The summed E-state index contributed by atoms with van der Waals surface area (Å²) in [6.07, 6.45) is 0. The fraction of sp³-hybridized carbons (Fsp3) is 0.294. The molecule has 0 spiro atoms. The first-order valence-electron chi connectivity index (χ1n) is 7.70. The number of alkyl halides is 2. The molecule has 0 atom stereocenters. The van der Waals surface area contributed by atoms with E-state index in [0.29, 0.717) is 11.5 Å². The Labute approximate surface area is 182 Å². The van der Waals surface area contributed by atoms with Crippen molar-refractivity contribution in [3.8, 4) is 23.0 Å². The third-order valence-electron chi connectivity index (χ3n) is 2.87. The Morgan fingerprint density at radius 2 is 1.13 bits per heavy atom. The van der Waals surface area contributed by atoms with Gasteiger partial charge in [-0.25, -0.2) is 0 Å². The zero-order valence-corrected chi connectivity index (χ0v) is 18.1. The van der Waals surface area contributed by atoms with Gasteiger partial charge in [-0.05, 0) is 18.2 Å². The van der Waals surface area contributed by atoms with Gasteiger partial charge in [-0.15, -0.1) is 33.3 Å². The molecule has 0 radical (unpaired) electrons. The Morgan fingerprint density at radius 1 is 0.800 bits per heavy atom. The van der Waals surface area contributed by atoms with Crippen LogP contribution < -0.4 is 18.9 Å². The first-order valence-corrected chi connectivity index (χ1v) is 8.77. The van der Waals surface area contributed by atoms with E-state index < -0.39 is 10.0 Å². The molecule has 0 heterocycles. The van der Waals surface area contributed by atoms with Crippen molar-refractivity contribution in [1.29, 1.82) is 0 Å². The largest absolute Gasteiger partial charge is 0.493 e.